The Bertz CT molecular complexity index is 325. The highest BCUT2D eigenvalue weighted by molar-refractivity contribution is 6.60. The van der Waals surface area contributed by atoms with E-state index in [-0.39, 0.29) is 17.1 Å². The van der Waals surface area contributed by atoms with Gasteiger partial charge in [-0.25, -0.2) is 0 Å². The first kappa shape index (κ1) is 19.0. The van der Waals surface area contributed by atoms with Gasteiger partial charge in [-0.1, -0.05) is 13.8 Å². The van der Waals surface area contributed by atoms with Crippen molar-refractivity contribution in [2.24, 2.45) is 5.41 Å². The Morgan fingerprint density at radius 1 is 1.00 bits per heavy atom. The van der Waals surface area contributed by atoms with Crippen LogP contribution in [0.4, 0.5) is 0 Å². The van der Waals surface area contributed by atoms with Crippen LogP contribution in [0.2, 0.25) is 0 Å². The highest BCUT2D eigenvalue weighted by Gasteiger charge is 2.52. The number of nitrogens with zero attached hydrogens (tertiary/aromatic N) is 1. The molecule has 1 aliphatic rings. The molecule has 1 fully saturated rings. The Kier molecular flexibility index (Phi) is 6.37. The maximum absolute atomic E-state index is 6.17. The fourth-order valence-corrected chi connectivity index (χ4v) is 4.09. The zero-order chi connectivity index (χ0) is 16.3. The largest absolute Gasteiger partial charge is 0.527 e. The maximum Gasteiger partial charge on any atom is 0.527 e. The van der Waals surface area contributed by atoms with Crippen molar-refractivity contribution in [1.82, 2.24) is 5.06 Å². The summed E-state index contributed by atoms with van der Waals surface area (Å²) in [5.74, 6) is 0. The van der Waals surface area contributed by atoms with Gasteiger partial charge in [0.25, 0.3) is 0 Å². The Hall–Kier alpha value is -0.0231. The molecule has 6 nitrogen and oxygen atoms in total. The molecule has 1 heterocycles. The summed E-state index contributed by atoms with van der Waals surface area (Å²) in [6, 6.07) is 0. The van der Waals surface area contributed by atoms with Crippen molar-refractivity contribution in [3.8, 4) is 0 Å². The second-order valence-corrected chi connectivity index (χ2v) is 9.33. The van der Waals surface area contributed by atoms with Crippen LogP contribution < -0.4 is 0 Å². The normalized spacial score (nSPS) is 26.0. The minimum Gasteiger partial charge on any atom is -0.375 e. The van der Waals surface area contributed by atoms with Crippen molar-refractivity contribution < 1.29 is 22.9 Å². The summed E-state index contributed by atoms with van der Waals surface area (Å²) in [6.07, 6.45) is 1.34. The number of rotatable bonds is 7. The fraction of sp³-hybridized carbons (Fsp3) is 1.00. The highest BCUT2D eigenvalue weighted by Crippen LogP contribution is 2.45. The molecule has 0 aromatic carbocycles. The first-order valence-electron chi connectivity index (χ1n) is 7.29. The number of hydroxylamine groups is 2. The standard InChI is InChI=1S/C14H31NO5Si/c1-13(2)12(9-10-15(16-5)14(13,3)4)20-11-21(17-6,18-7)19-8/h12H,9-11H2,1-8H3. The van der Waals surface area contributed by atoms with Gasteiger partial charge in [-0.05, 0) is 20.3 Å². The SMILES string of the molecule is CON1CCC(OC[Si](OC)(OC)OC)C(C)(C)C1(C)C. The third-order valence-corrected chi connectivity index (χ3v) is 7.60. The third-order valence-electron chi connectivity index (χ3n) is 5.21. The highest BCUT2D eigenvalue weighted by atomic mass is 28.4. The van der Waals surface area contributed by atoms with Crippen LogP contribution in [0.5, 0.6) is 0 Å². The number of piperidine rings is 1. The maximum atomic E-state index is 6.17. The average Bonchev–Trinajstić information content (AvgIpc) is 2.45. The van der Waals surface area contributed by atoms with Gasteiger partial charge in [-0.2, -0.15) is 5.06 Å². The number of ether oxygens (including phenoxy) is 1. The smallest absolute Gasteiger partial charge is 0.375 e. The number of hydrogen-bond acceptors (Lipinski definition) is 6. The molecule has 1 rings (SSSR count). The molecule has 126 valence electrons. The molecule has 0 radical (unpaired) electrons. The van der Waals surface area contributed by atoms with Crippen molar-refractivity contribution in [3.05, 3.63) is 0 Å². The van der Waals surface area contributed by atoms with Crippen LogP contribution in [0.3, 0.4) is 0 Å². The quantitative estimate of drug-likeness (QED) is 0.667. The second kappa shape index (κ2) is 7.04. The Labute approximate surface area is 130 Å². The van der Waals surface area contributed by atoms with Gasteiger partial charge in [0.1, 0.15) is 6.23 Å². The van der Waals surface area contributed by atoms with Crippen LogP contribution in [0.25, 0.3) is 0 Å². The lowest BCUT2D eigenvalue weighted by molar-refractivity contribution is -0.268. The molecule has 0 saturated carbocycles. The summed E-state index contributed by atoms with van der Waals surface area (Å²) in [5.41, 5.74) is -0.223. The molecule has 0 amide bonds. The lowest BCUT2D eigenvalue weighted by Crippen LogP contribution is -2.64. The molecule has 1 saturated heterocycles. The Balaban J connectivity index is 2.81. The lowest BCUT2D eigenvalue weighted by Gasteiger charge is -2.55. The topological polar surface area (TPSA) is 49.4 Å². The minimum atomic E-state index is -2.70. The van der Waals surface area contributed by atoms with Gasteiger partial charge in [0.2, 0.25) is 0 Å². The molecule has 0 aliphatic carbocycles. The van der Waals surface area contributed by atoms with E-state index in [1.807, 2.05) is 5.06 Å². The lowest BCUT2D eigenvalue weighted by atomic mass is 9.67. The van der Waals surface area contributed by atoms with Crippen LogP contribution in [0.15, 0.2) is 0 Å². The van der Waals surface area contributed by atoms with Crippen molar-refractivity contribution >= 4 is 8.80 Å². The van der Waals surface area contributed by atoms with E-state index in [1.54, 1.807) is 28.4 Å². The van der Waals surface area contributed by atoms with E-state index in [4.69, 9.17) is 22.9 Å². The molecule has 0 N–H and O–H groups in total. The molecule has 1 aliphatic heterocycles. The summed E-state index contributed by atoms with van der Waals surface area (Å²) >= 11 is 0. The summed E-state index contributed by atoms with van der Waals surface area (Å²) in [7, 11) is 3.82. The molecule has 7 heteroatoms. The summed E-state index contributed by atoms with van der Waals surface area (Å²) in [4.78, 5) is 5.51. The predicted octanol–water partition coefficient (Wildman–Crippen LogP) is 1.86. The van der Waals surface area contributed by atoms with Crippen molar-refractivity contribution in [3.63, 3.8) is 0 Å². The van der Waals surface area contributed by atoms with Crippen molar-refractivity contribution in [1.29, 1.82) is 0 Å². The van der Waals surface area contributed by atoms with Crippen molar-refractivity contribution in [2.45, 2.75) is 45.8 Å². The molecular weight excluding hydrogens is 290 g/mol. The predicted molar refractivity (Wildman–Crippen MR) is 82.7 cm³/mol. The third kappa shape index (κ3) is 3.50. The van der Waals surface area contributed by atoms with E-state index in [0.717, 1.165) is 13.0 Å². The van der Waals surface area contributed by atoms with Crippen LogP contribution >= 0.6 is 0 Å². The molecule has 1 atom stereocenters. The van der Waals surface area contributed by atoms with Crippen molar-refractivity contribution in [2.75, 3.05) is 41.2 Å². The van der Waals surface area contributed by atoms with E-state index in [1.165, 1.54) is 0 Å². The fourth-order valence-electron chi connectivity index (χ4n) is 2.83. The molecule has 0 aromatic rings. The van der Waals surface area contributed by atoms with Crippen LogP contribution in [0.1, 0.15) is 34.1 Å². The van der Waals surface area contributed by atoms with E-state index in [9.17, 15) is 0 Å². The second-order valence-electron chi connectivity index (χ2n) is 6.45. The first-order chi connectivity index (χ1) is 9.70. The molecular formula is C14H31NO5Si. The summed E-state index contributed by atoms with van der Waals surface area (Å²) in [6.45, 7) is 9.61. The molecule has 1 unspecified atom stereocenters. The van der Waals surface area contributed by atoms with E-state index in [2.05, 4.69) is 27.7 Å². The molecule has 0 aromatic heterocycles. The van der Waals surface area contributed by atoms with Crippen LogP contribution in [-0.2, 0) is 22.9 Å². The molecule has 0 bridgehead atoms. The minimum absolute atomic E-state index is 0.0867. The van der Waals surface area contributed by atoms with Gasteiger partial charge in [0, 0.05) is 38.8 Å². The number of hydrogen-bond donors (Lipinski definition) is 0. The van der Waals surface area contributed by atoms with Gasteiger partial charge < -0.3 is 22.9 Å². The Morgan fingerprint density at radius 3 is 1.95 bits per heavy atom. The van der Waals surface area contributed by atoms with Gasteiger partial charge in [-0.3, -0.25) is 0 Å². The molecule has 0 spiro atoms. The first-order valence-corrected chi connectivity index (χ1v) is 9.22. The zero-order valence-corrected chi connectivity index (χ0v) is 15.7. The van der Waals surface area contributed by atoms with Gasteiger partial charge >= 0.3 is 8.80 Å². The molecule has 21 heavy (non-hydrogen) atoms. The van der Waals surface area contributed by atoms with E-state index >= 15 is 0 Å². The zero-order valence-electron chi connectivity index (χ0n) is 14.7. The van der Waals surface area contributed by atoms with Crippen LogP contribution in [0, 0.1) is 5.41 Å². The average molecular weight is 321 g/mol. The Morgan fingerprint density at radius 2 is 1.52 bits per heavy atom. The van der Waals surface area contributed by atoms with Gasteiger partial charge in [-0.15, -0.1) is 0 Å². The van der Waals surface area contributed by atoms with Crippen LogP contribution in [-0.4, -0.2) is 66.7 Å². The van der Waals surface area contributed by atoms with Gasteiger partial charge in [0.05, 0.1) is 13.2 Å². The van der Waals surface area contributed by atoms with Gasteiger partial charge in [0.15, 0.2) is 0 Å². The summed E-state index contributed by atoms with van der Waals surface area (Å²) in [5, 5.41) is 2.03. The van der Waals surface area contributed by atoms with E-state index < -0.39 is 8.80 Å². The monoisotopic (exact) mass is 321 g/mol. The summed E-state index contributed by atoms with van der Waals surface area (Å²) < 4.78 is 22.4. The van der Waals surface area contributed by atoms with E-state index in [0.29, 0.717) is 6.23 Å².